The highest BCUT2D eigenvalue weighted by Gasteiger charge is 2.69. The zero-order valence-electron chi connectivity index (χ0n) is 19.2. The monoisotopic (exact) mass is 497 g/mol. The molecule has 0 radical (unpaired) electrons. The van der Waals surface area contributed by atoms with Crippen molar-refractivity contribution >= 4 is 5.91 Å². The summed E-state index contributed by atoms with van der Waals surface area (Å²) in [4.78, 5) is 15.2. The topological polar surface area (TPSA) is 60.8 Å². The zero-order valence-corrected chi connectivity index (χ0v) is 19.2. The zero-order chi connectivity index (χ0) is 25.3. The molecule has 6 atom stereocenters. The van der Waals surface area contributed by atoms with Crippen molar-refractivity contribution in [1.29, 1.82) is 0 Å². The van der Waals surface area contributed by atoms with E-state index < -0.39 is 35.3 Å². The maximum atomic E-state index is 14.6. The van der Waals surface area contributed by atoms with Gasteiger partial charge < -0.3 is 15.1 Å². The van der Waals surface area contributed by atoms with E-state index >= 15 is 0 Å². The summed E-state index contributed by atoms with van der Waals surface area (Å²) in [5, 5.41) is 20.6. The Kier molecular flexibility index (Phi) is 5.68. The fraction of sp³-hybridized carbons (Fsp3) is 0.577. The molecule has 1 aromatic carbocycles. The molecule has 0 aromatic heterocycles. The smallest absolute Gasteiger partial charge is 0.392 e. The Morgan fingerprint density at radius 2 is 1.74 bits per heavy atom. The van der Waals surface area contributed by atoms with Crippen molar-refractivity contribution in [2.45, 2.75) is 81.6 Å². The summed E-state index contributed by atoms with van der Waals surface area (Å²) in [6.45, 7) is 0.670. The number of amides is 1. The van der Waals surface area contributed by atoms with E-state index in [4.69, 9.17) is 0 Å². The summed E-state index contributed by atoms with van der Waals surface area (Å²) in [5.41, 5.74) is -3.43. The Bertz CT molecular complexity index is 1080. The maximum absolute atomic E-state index is 14.6. The third kappa shape index (κ3) is 3.91. The van der Waals surface area contributed by atoms with E-state index in [-0.39, 0.29) is 41.5 Å². The molecule has 1 aromatic rings. The molecule has 190 valence electrons. The van der Waals surface area contributed by atoms with Gasteiger partial charge in [0.2, 0.25) is 0 Å². The van der Waals surface area contributed by atoms with Crippen LogP contribution in [0.15, 0.2) is 47.8 Å². The number of aliphatic hydroxyl groups excluding tert-OH is 1. The molecule has 0 saturated heterocycles. The van der Waals surface area contributed by atoms with Crippen LogP contribution >= 0.6 is 0 Å². The highest BCUT2D eigenvalue weighted by molar-refractivity contribution is 5.95. The number of hydrogen-bond donors (Lipinski definition) is 2. The van der Waals surface area contributed by atoms with E-state index in [9.17, 15) is 37.0 Å². The van der Waals surface area contributed by atoms with Crippen molar-refractivity contribution in [3.05, 3.63) is 58.9 Å². The second kappa shape index (κ2) is 8.13. The number of allylic oxidation sites excluding steroid dienone is 3. The molecule has 1 amide bonds. The van der Waals surface area contributed by atoms with E-state index in [2.05, 4.69) is 0 Å². The maximum Gasteiger partial charge on any atom is 0.421 e. The first kappa shape index (κ1) is 24.4. The Morgan fingerprint density at radius 3 is 2.29 bits per heavy atom. The molecule has 0 spiro atoms. The van der Waals surface area contributed by atoms with Crippen molar-refractivity contribution < 1.29 is 37.0 Å². The molecule has 0 bridgehead atoms. The minimum Gasteiger partial charge on any atom is -0.392 e. The van der Waals surface area contributed by atoms with Crippen molar-refractivity contribution in [3.63, 3.8) is 0 Å². The van der Waals surface area contributed by atoms with Gasteiger partial charge >= 0.3 is 6.18 Å². The van der Waals surface area contributed by atoms with Gasteiger partial charge in [0.1, 0.15) is 12.0 Å². The molecule has 9 heteroatoms. The van der Waals surface area contributed by atoms with Crippen LogP contribution in [-0.2, 0) is 5.60 Å². The van der Waals surface area contributed by atoms with Crippen LogP contribution in [0.25, 0.3) is 0 Å². The quantitative estimate of drug-likeness (QED) is 0.556. The first-order chi connectivity index (χ1) is 16.4. The molecule has 3 saturated carbocycles. The van der Waals surface area contributed by atoms with Crippen LogP contribution in [0.1, 0.15) is 61.4 Å². The summed E-state index contributed by atoms with van der Waals surface area (Å²) >= 11 is 0. The number of rotatable bonds is 5. The Balaban J connectivity index is 1.34. The number of aliphatic hydroxyl groups is 2. The number of alkyl halides is 4. The average molecular weight is 498 g/mol. The van der Waals surface area contributed by atoms with Crippen LogP contribution in [0.3, 0.4) is 0 Å². The summed E-state index contributed by atoms with van der Waals surface area (Å²) < 4.78 is 67.6. The molecular weight excluding hydrogens is 469 g/mol. The minimum atomic E-state index is -4.85. The van der Waals surface area contributed by atoms with Crippen LogP contribution in [0, 0.1) is 11.3 Å². The summed E-state index contributed by atoms with van der Waals surface area (Å²) in [6.07, 6.45) is -1.51. The standard InChI is InChI=1S/C26H28F5NO3/c1-24(35,26(29,30)31)15-4-2-14(3-5-15)23(34)32(17-7-8-17)18-10-11-25(20(13-18)22(25)33)19-9-6-16(27)12-21(19)28/h2-6,9,17-18,20-22,33,35H,7-8,10-13H2,1H3/t18-,20?,21?,22?,24-,25?/m0/s1. The first-order valence-electron chi connectivity index (χ1n) is 12.0. The molecule has 3 fully saturated rings. The fourth-order valence-corrected chi connectivity index (χ4v) is 6.08. The first-order valence-corrected chi connectivity index (χ1v) is 12.0. The van der Waals surface area contributed by atoms with E-state index in [0.717, 1.165) is 25.0 Å². The summed E-state index contributed by atoms with van der Waals surface area (Å²) in [6, 6.07) is 4.67. The van der Waals surface area contributed by atoms with Gasteiger partial charge in [-0.2, -0.15) is 13.2 Å². The summed E-state index contributed by atoms with van der Waals surface area (Å²) in [7, 11) is 0. The molecule has 0 aliphatic heterocycles. The predicted molar refractivity (Wildman–Crippen MR) is 118 cm³/mol. The molecular formula is C26H28F5NO3. The molecule has 0 heterocycles. The van der Waals surface area contributed by atoms with E-state index in [1.165, 1.54) is 24.3 Å². The number of halogens is 5. The van der Waals surface area contributed by atoms with Gasteiger partial charge in [0.05, 0.1) is 6.10 Å². The second-order valence-electron chi connectivity index (χ2n) is 10.5. The van der Waals surface area contributed by atoms with Crippen LogP contribution in [0.2, 0.25) is 0 Å². The number of fused-ring (bicyclic) bond motifs is 1. The molecule has 4 unspecified atom stereocenters. The lowest BCUT2D eigenvalue weighted by Gasteiger charge is -2.38. The molecule has 5 rings (SSSR count). The third-order valence-corrected chi connectivity index (χ3v) is 8.39. The van der Waals surface area contributed by atoms with Crippen molar-refractivity contribution in [2.75, 3.05) is 0 Å². The number of hydrogen-bond acceptors (Lipinski definition) is 3. The highest BCUT2D eigenvalue weighted by atomic mass is 19.4. The van der Waals surface area contributed by atoms with Crippen molar-refractivity contribution in [3.8, 4) is 0 Å². The lowest BCUT2D eigenvalue weighted by molar-refractivity contribution is -0.258. The fourth-order valence-electron chi connectivity index (χ4n) is 6.08. The Hall–Kier alpha value is -2.26. The van der Waals surface area contributed by atoms with Crippen LogP contribution in [-0.4, -0.2) is 51.6 Å². The second-order valence-corrected chi connectivity index (χ2v) is 10.5. The van der Waals surface area contributed by atoms with Gasteiger partial charge in [0.15, 0.2) is 5.60 Å². The average Bonchev–Trinajstić information content (AvgIpc) is 3.72. The summed E-state index contributed by atoms with van der Waals surface area (Å²) in [5.74, 6) is -1.05. The lowest BCUT2D eigenvalue weighted by atomic mass is 9.76. The minimum absolute atomic E-state index is 0.0219. The van der Waals surface area contributed by atoms with Gasteiger partial charge in [-0.15, -0.1) is 0 Å². The molecule has 35 heavy (non-hydrogen) atoms. The SMILES string of the molecule is C[C@](O)(c1ccc(C(=O)N(C2CC2)[C@H]2CCC3(C4=CC=C(F)CC4F)C(O)C3C2)cc1)C(F)(F)F. The number of benzene rings is 1. The lowest BCUT2D eigenvalue weighted by Crippen LogP contribution is -2.44. The van der Waals surface area contributed by atoms with Gasteiger partial charge in [-0.25, -0.2) is 8.78 Å². The third-order valence-electron chi connectivity index (χ3n) is 8.39. The van der Waals surface area contributed by atoms with Gasteiger partial charge in [-0.3, -0.25) is 4.79 Å². The molecule has 2 N–H and O–H groups in total. The molecule has 4 nitrogen and oxygen atoms in total. The van der Waals surface area contributed by atoms with Gasteiger partial charge in [-0.1, -0.05) is 18.2 Å². The Labute approximate surface area is 200 Å². The van der Waals surface area contributed by atoms with Gasteiger partial charge in [0, 0.05) is 29.5 Å². The van der Waals surface area contributed by atoms with Gasteiger partial charge in [-0.05, 0) is 74.3 Å². The highest BCUT2D eigenvalue weighted by Crippen LogP contribution is 2.67. The van der Waals surface area contributed by atoms with Crippen molar-refractivity contribution in [1.82, 2.24) is 4.90 Å². The van der Waals surface area contributed by atoms with Crippen LogP contribution < -0.4 is 0 Å². The largest absolute Gasteiger partial charge is 0.421 e. The molecule has 4 aliphatic carbocycles. The van der Waals surface area contributed by atoms with Gasteiger partial charge in [0.25, 0.3) is 5.91 Å². The van der Waals surface area contributed by atoms with E-state index in [0.29, 0.717) is 31.8 Å². The van der Waals surface area contributed by atoms with Crippen molar-refractivity contribution in [2.24, 2.45) is 11.3 Å². The van der Waals surface area contributed by atoms with Crippen LogP contribution in [0.5, 0.6) is 0 Å². The van der Waals surface area contributed by atoms with E-state index in [1.807, 2.05) is 0 Å². The number of nitrogens with zero attached hydrogens (tertiary/aromatic N) is 1. The van der Waals surface area contributed by atoms with Crippen LogP contribution in [0.4, 0.5) is 22.0 Å². The normalized spacial score (nSPS) is 34.3. The van der Waals surface area contributed by atoms with E-state index in [1.54, 1.807) is 4.90 Å². The number of carbonyl (C=O) groups excluding carboxylic acids is 1. The predicted octanol–water partition coefficient (Wildman–Crippen LogP) is 5.11. The molecule has 4 aliphatic rings. The number of carbonyl (C=O) groups is 1. The Morgan fingerprint density at radius 1 is 1.09 bits per heavy atom.